The van der Waals surface area contributed by atoms with Gasteiger partial charge in [0, 0.05) is 23.5 Å². The molecule has 0 heterocycles. The number of ketones is 1. The molecule has 0 amide bonds. The smallest absolute Gasteiger partial charge is 0.187 e. The van der Waals surface area contributed by atoms with E-state index in [0.717, 1.165) is 16.8 Å². The van der Waals surface area contributed by atoms with E-state index >= 15 is 0 Å². The fourth-order valence-corrected chi connectivity index (χ4v) is 2.42. The maximum absolute atomic E-state index is 12.2. The van der Waals surface area contributed by atoms with Crippen LogP contribution >= 0.6 is 0 Å². The molecule has 118 valence electrons. The summed E-state index contributed by atoms with van der Waals surface area (Å²) < 4.78 is 0. The molecule has 0 bridgehead atoms. The van der Waals surface area contributed by atoms with Gasteiger partial charge in [0.05, 0.1) is 0 Å². The molecular formula is C22H19NO. The van der Waals surface area contributed by atoms with Crippen LogP contribution in [0.3, 0.4) is 0 Å². The maximum Gasteiger partial charge on any atom is 0.187 e. The molecule has 24 heavy (non-hydrogen) atoms. The molecular weight excluding hydrogens is 294 g/mol. The topological polar surface area (TPSA) is 29.1 Å². The lowest BCUT2D eigenvalue weighted by atomic mass is 10.0. The number of aryl methyl sites for hydroxylation is 1. The second kappa shape index (κ2) is 7.42. The summed E-state index contributed by atoms with van der Waals surface area (Å²) in [6, 6.07) is 25.8. The molecule has 0 unspecified atom stereocenters. The van der Waals surface area contributed by atoms with Gasteiger partial charge in [0.15, 0.2) is 5.78 Å². The van der Waals surface area contributed by atoms with Gasteiger partial charge in [-0.2, -0.15) is 0 Å². The molecule has 3 aromatic carbocycles. The molecule has 0 atom stereocenters. The summed E-state index contributed by atoms with van der Waals surface area (Å²) in [4.78, 5) is 12.2. The van der Waals surface area contributed by atoms with Crippen molar-refractivity contribution >= 4 is 11.5 Å². The molecule has 2 heteroatoms. The molecule has 2 nitrogen and oxygen atoms in total. The summed E-state index contributed by atoms with van der Waals surface area (Å²) in [6.07, 6.45) is 3.23. The average molecular weight is 313 g/mol. The van der Waals surface area contributed by atoms with Crippen LogP contribution in [-0.2, 0) is 0 Å². The van der Waals surface area contributed by atoms with Gasteiger partial charge in [-0.25, -0.2) is 0 Å². The molecule has 0 aliphatic carbocycles. The number of rotatable bonds is 5. The van der Waals surface area contributed by atoms with E-state index in [9.17, 15) is 4.79 Å². The Labute approximate surface area is 142 Å². The third-order valence-electron chi connectivity index (χ3n) is 3.81. The van der Waals surface area contributed by atoms with Crippen molar-refractivity contribution in [2.24, 2.45) is 0 Å². The molecule has 0 radical (unpaired) electrons. The Morgan fingerprint density at radius 2 is 1.42 bits per heavy atom. The fraction of sp³-hybridized carbons (Fsp3) is 0.0455. The minimum atomic E-state index is -0.0192. The van der Waals surface area contributed by atoms with Crippen molar-refractivity contribution < 1.29 is 4.79 Å². The third-order valence-corrected chi connectivity index (χ3v) is 3.81. The van der Waals surface area contributed by atoms with Crippen LogP contribution in [0, 0.1) is 6.92 Å². The van der Waals surface area contributed by atoms with Crippen LogP contribution in [0.1, 0.15) is 15.9 Å². The Morgan fingerprint density at radius 1 is 0.792 bits per heavy atom. The molecule has 0 spiro atoms. The Kier molecular flexibility index (Phi) is 4.87. The third kappa shape index (κ3) is 3.99. The van der Waals surface area contributed by atoms with E-state index in [1.807, 2.05) is 73.7 Å². The average Bonchev–Trinajstić information content (AvgIpc) is 2.64. The van der Waals surface area contributed by atoms with E-state index in [2.05, 4.69) is 17.4 Å². The van der Waals surface area contributed by atoms with Crippen molar-refractivity contribution in [3.63, 3.8) is 0 Å². The number of hydrogen-bond acceptors (Lipinski definition) is 2. The number of carbonyl (C=O) groups excluding carboxylic acids is 1. The van der Waals surface area contributed by atoms with E-state index in [-0.39, 0.29) is 5.78 Å². The van der Waals surface area contributed by atoms with Crippen LogP contribution in [0.25, 0.3) is 11.1 Å². The maximum atomic E-state index is 12.2. The fourth-order valence-electron chi connectivity index (χ4n) is 2.42. The van der Waals surface area contributed by atoms with E-state index in [4.69, 9.17) is 0 Å². The highest BCUT2D eigenvalue weighted by molar-refractivity contribution is 6.04. The van der Waals surface area contributed by atoms with Gasteiger partial charge < -0.3 is 5.32 Å². The van der Waals surface area contributed by atoms with Gasteiger partial charge in [-0.15, -0.1) is 0 Å². The Balaban J connectivity index is 1.64. The first-order valence-corrected chi connectivity index (χ1v) is 7.92. The van der Waals surface area contributed by atoms with Crippen molar-refractivity contribution in [1.82, 2.24) is 0 Å². The summed E-state index contributed by atoms with van der Waals surface area (Å²) in [6.45, 7) is 2.04. The zero-order chi connectivity index (χ0) is 16.8. The molecule has 0 fully saturated rings. The monoisotopic (exact) mass is 313 g/mol. The molecule has 0 aliphatic rings. The van der Waals surface area contributed by atoms with Crippen LogP contribution in [0.5, 0.6) is 0 Å². The molecule has 1 N–H and O–H groups in total. The van der Waals surface area contributed by atoms with Gasteiger partial charge in [-0.3, -0.25) is 4.79 Å². The lowest BCUT2D eigenvalue weighted by Gasteiger charge is -2.03. The predicted molar refractivity (Wildman–Crippen MR) is 100 cm³/mol. The Morgan fingerprint density at radius 3 is 2.08 bits per heavy atom. The molecule has 3 aromatic rings. The molecule has 0 aromatic heterocycles. The van der Waals surface area contributed by atoms with Crippen LogP contribution in [0.4, 0.5) is 5.69 Å². The van der Waals surface area contributed by atoms with Gasteiger partial charge in [-0.1, -0.05) is 72.3 Å². The summed E-state index contributed by atoms with van der Waals surface area (Å²) in [5, 5.41) is 3.11. The number of anilines is 1. The van der Waals surface area contributed by atoms with E-state index in [0.29, 0.717) is 5.56 Å². The zero-order valence-corrected chi connectivity index (χ0v) is 13.6. The van der Waals surface area contributed by atoms with Gasteiger partial charge in [0.2, 0.25) is 0 Å². The second-order valence-corrected chi connectivity index (χ2v) is 5.65. The van der Waals surface area contributed by atoms with Crippen molar-refractivity contribution in [3.8, 4) is 11.1 Å². The summed E-state index contributed by atoms with van der Waals surface area (Å²) >= 11 is 0. The highest BCUT2D eigenvalue weighted by Crippen LogP contribution is 2.19. The first-order valence-electron chi connectivity index (χ1n) is 7.92. The largest absolute Gasteiger partial charge is 0.362 e. The standard InChI is InChI=1S/C22H19NO/c1-17-7-13-21(14-8-17)23-16-15-22(24)20-11-9-19(10-12-20)18-5-3-2-4-6-18/h2-16,23H,1H3. The van der Waals surface area contributed by atoms with E-state index in [1.54, 1.807) is 12.3 Å². The molecule has 0 saturated heterocycles. The van der Waals surface area contributed by atoms with Gasteiger partial charge >= 0.3 is 0 Å². The number of allylic oxidation sites excluding steroid dienone is 1. The minimum absolute atomic E-state index is 0.0192. The number of benzene rings is 3. The quantitative estimate of drug-likeness (QED) is 0.500. The predicted octanol–water partition coefficient (Wildman–Crippen LogP) is 5.47. The number of nitrogens with one attached hydrogen (secondary N) is 1. The lowest BCUT2D eigenvalue weighted by Crippen LogP contribution is -1.96. The highest BCUT2D eigenvalue weighted by atomic mass is 16.1. The van der Waals surface area contributed by atoms with Crippen LogP contribution < -0.4 is 5.32 Å². The number of hydrogen-bond donors (Lipinski definition) is 1. The summed E-state index contributed by atoms with van der Waals surface area (Å²) in [5.74, 6) is -0.0192. The normalized spacial score (nSPS) is 10.7. The Bertz CT molecular complexity index is 831. The van der Waals surface area contributed by atoms with Gasteiger partial charge in [0.1, 0.15) is 0 Å². The SMILES string of the molecule is Cc1ccc(NC=CC(=O)c2ccc(-c3ccccc3)cc2)cc1. The van der Waals surface area contributed by atoms with Crippen molar-refractivity contribution in [2.45, 2.75) is 6.92 Å². The lowest BCUT2D eigenvalue weighted by molar-refractivity contribution is 0.104. The first kappa shape index (κ1) is 15.8. The first-order chi connectivity index (χ1) is 11.7. The van der Waals surface area contributed by atoms with Gasteiger partial charge in [0.25, 0.3) is 0 Å². The zero-order valence-electron chi connectivity index (χ0n) is 13.6. The van der Waals surface area contributed by atoms with Crippen molar-refractivity contribution in [2.75, 3.05) is 5.32 Å². The van der Waals surface area contributed by atoms with Crippen molar-refractivity contribution in [3.05, 3.63) is 102 Å². The van der Waals surface area contributed by atoms with Crippen LogP contribution in [0.2, 0.25) is 0 Å². The molecule has 0 aliphatic heterocycles. The second-order valence-electron chi connectivity index (χ2n) is 5.65. The van der Waals surface area contributed by atoms with Gasteiger partial charge in [-0.05, 0) is 30.2 Å². The van der Waals surface area contributed by atoms with Crippen LogP contribution in [-0.4, -0.2) is 5.78 Å². The molecule has 0 saturated carbocycles. The van der Waals surface area contributed by atoms with Crippen LogP contribution in [0.15, 0.2) is 91.1 Å². The van der Waals surface area contributed by atoms with Crippen molar-refractivity contribution in [1.29, 1.82) is 0 Å². The molecule has 3 rings (SSSR count). The number of carbonyl (C=O) groups is 1. The van der Waals surface area contributed by atoms with E-state index in [1.165, 1.54) is 5.56 Å². The highest BCUT2D eigenvalue weighted by Gasteiger charge is 2.02. The summed E-state index contributed by atoms with van der Waals surface area (Å²) in [7, 11) is 0. The minimum Gasteiger partial charge on any atom is -0.362 e. The Hall–Kier alpha value is -3.13. The van der Waals surface area contributed by atoms with E-state index < -0.39 is 0 Å². The summed E-state index contributed by atoms with van der Waals surface area (Å²) in [5.41, 5.74) is 5.10.